The van der Waals surface area contributed by atoms with Crippen molar-refractivity contribution in [2.45, 2.75) is 50.8 Å². The summed E-state index contributed by atoms with van der Waals surface area (Å²) in [5.41, 5.74) is -5.71. The first-order chi connectivity index (χ1) is 7.96. The third-order valence-electron chi connectivity index (χ3n) is 3.50. The molecule has 0 aromatic heterocycles. The van der Waals surface area contributed by atoms with Crippen LogP contribution in [0, 0.1) is 0 Å². The second-order valence-corrected chi connectivity index (χ2v) is 4.55. The summed E-state index contributed by atoms with van der Waals surface area (Å²) in [4.78, 5) is 34.6. The molecule has 4 atom stereocenters. The maximum atomic E-state index is 11.6. The van der Waals surface area contributed by atoms with Crippen LogP contribution in [0.2, 0.25) is 0 Å². The summed E-state index contributed by atoms with van der Waals surface area (Å²) in [6.45, 7) is 3.84. The number of hydrogen-bond acceptors (Lipinski definition) is 7. The molecule has 1 aliphatic rings. The van der Waals surface area contributed by atoms with Gasteiger partial charge in [0.25, 0.3) is 5.79 Å². The van der Waals surface area contributed by atoms with Crippen LogP contribution in [0.3, 0.4) is 0 Å². The van der Waals surface area contributed by atoms with Gasteiger partial charge in [0.2, 0.25) is 5.60 Å². The Morgan fingerprint density at radius 2 is 1.39 bits per heavy atom. The molecular weight excluding hydrogens is 244 g/mol. The predicted molar refractivity (Wildman–Crippen MR) is 57.4 cm³/mol. The molecule has 0 unspecified atom stereocenters. The quantitative estimate of drug-likeness (QED) is 0.554. The van der Waals surface area contributed by atoms with Crippen LogP contribution in [0.5, 0.6) is 0 Å². The van der Waals surface area contributed by atoms with E-state index in [1.165, 1.54) is 6.92 Å². The molecule has 0 bridgehead atoms. The van der Waals surface area contributed by atoms with Crippen molar-refractivity contribution in [3.63, 3.8) is 0 Å². The maximum absolute atomic E-state index is 11.6. The monoisotopic (exact) mass is 260 g/mol. The number of hydrogen-bond donors (Lipinski definition) is 3. The van der Waals surface area contributed by atoms with Crippen molar-refractivity contribution in [2.24, 2.45) is 0 Å². The van der Waals surface area contributed by atoms with Gasteiger partial charge in [0.15, 0.2) is 23.0 Å². The van der Waals surface area contributed by atoms with Gasteiger partial charge in [-0.25, -0.2) is 0 Å². The number of ether oxygens (including phenoxy) is 1. The smallest absolute Gasteiger partial charge is 0.267 e. The fourth-order valence-electron chi connectivity index (χ4n) is 2.36. The minimum Gasteiger partial charge on any atom is -0.376 e. The van der Waals surface area contributed by atoms with E-state index in [0.717, 1.165) is 20.8 Å². The van der Waals surface area contributed by atoms with Gasteiger partial charge in [-0.2, -0.15) is 0 Å². The zero-order chi connectivity index (χ0) is 14.5. The first-order valence-electron chi connectivity index (χ1n) is 5.34. The molecule has 0 aliphatic carbocycles. The third kappa shape index (κ3) is 1.36. The SMILES string of the molecule is CC(=O)[C@@]1(O)[C@@](O)(C(C)=O)[C@@H](C)O[C@]1(O)C(C)=O. The van der Waals surface area contributed by atoms with Gasteiger partial charge in [0.1, 0.15) is 0 Å². The van der Waals surface area contributed by atoms with Crippen molar-refractivity contribution in [2.75, 3.05) is 0 Å². The second-order valence-electron chi connectivity index (χ2n) is 4.55. The summed E-state index contributed by atoms with van der Waals surface area (Å²) in [5.74, 6) is -6.14. The van der Waals surface area contributed by atoms with Gasteiger partial charge in [-0.3, -0.25) is 14.4 Å². The van der Waals surface area contributed by atoms with Crippen LogP contribution in [0.4, 0.5) is 0 Å². The number of carbonyl (C=O) groups excluding carboxylic acids is 3. The van der Waals surface area contributed by atoms with E-state index < -0.39 is 40.4 Å². The molecule has 0 radical (unpaired) electrons. The summed E-state index contributed by atoms with van der Waals surface area (Å²) in [5, 5.41) is 30.6. The first kappa shape index (κ1) is 14.9. The van der Waals surface area contributed by atoms with Gasteiger partial charge in [-0.05, 0) is 20.8 Å². The number of rotatable bonds is 3. The van der Waals surface area contributed by atoms with Gasteiger partial charge >= 0.3 is 0 Å². The van der Waals surface area contributed by atoms with E-state index in [4.69, 9.17) is 4.74 Å². The standard InChI is InChI=1S/C11H16O7/c1-5(12)9(15)8(4)18-11(17,7(3)14)10(9,16)6(2)13/h8,15-17H,1-4H3/t8-,9-,10-,11-/m1/s1. The van der Waals surface area contributed by atoms with Crippen molar-refractivity contribution in [3.8, 4) is 0 Å². The van der Waals surface area contributed by atoms with E-state index in [9.17, 15) is 29.7 Å². The van der Waals surface area contributed by atoms with Gasteiger partial charge in [0, 0.05) is 6.92 Å². The molecule has 0 amide bonds. The van der Waals surface area contributed by atoms with Crippen molar-refractivity contribution in [1.82, 2.24) is 0 Å². The second kappa shape index (κ2) is 3.92. The predicted octanol–water partition coefficient (Wildman–Crippen LogP) is -1.68. The summed E-state index contributed by atoms with van der Waals surface area (Å²) in [6.07, 6.45) is -1.42. The zero-order valence-electron chi connectivity index (χ0n) is 10.6. The van der Waals surface area contributed by atoms with Crippen LogP contribution in [0.15, 0.2) is 0 Å². The highest BCUT2D eigenvalue weighted by atomic mass is 16.7. The van der Waals surface area contributed by atoms with E-state index >= 15 is 0 Å². The summed E-state index contributed by atoms with van der Waals surface area (Å²) in [7, 11) is 0. The van der Waals surface area contributed by atoms with Crippen molar-refractivity contribution >= 4 is 17.3 Å². The van der Waals surface area contributed by atoms with Gasteiger partial charge in [-0.15, -0.1) is 0 Å². The molecule has 0 aromatic rings. The Labute approximate surface area is 103 Å². The molecule has 1 aliphatic heterocycles. The molecule has 7 nitrogen and oxygen atoms in total. The van der Waals surface area contributed by atoms with Crippen LogP contribution < -0.4 is 0 Å². The normalized spacial score (nSPS) is 43.8. The van der Waals surface area contributed by atoms with E-state index in [2.05, 4.69) is 0 Å². The van der Waals surface area contributed by atoms with Crippen molar-refractivity contribution < 1.29 is 34.4 Å². The Morgan fingerprint density at radius 3 is 1.67 bits per heavy atom. The van der Waals surface area contributed by atoms with E-state index in [0.29, 0.717) is 0 Å². The highest BCUT2D eigenvalue weighted by Gasteiger charge is 2.78. The fraction of sp³-hybridized carbons (Fsp3) is 0.727. The fourth-order valence-corrected chi connectivity index (χ4v) is 2.36. The molecule has 3 N–H and O–H groups in total. The molecule has 0 aromatic carbocycles. The number of aliphatic hydroxyl groups is 3. The molecule has 1 saturated heterocycles. The maximum Gasteiger partial charge on any atom is 0.267 e. The molecule has 7 heteroatoms. The van der Waals surface area contributed by atoms with Crippen molar-refractivity contribution in [3.05, 3.63) is 0 Å². The van der Waals surface area contributed by atoms with Crippen LogP contribution in [0.25, 0.3) is 0 Å². The minimum atomic E-state index is -3.03. The lowest BCUT2D eigenvalue weighted by atomic mass is 9.71. The number of ketones is 3. The minimum absolute atomic E-state index is 0.850. The highest BCUT2D eigenvalue weighted by Crippen LogP contribution is 2.47. The van der Waals surface area contributed by atoms with Crippen LogP contribution in [-0.2, 0) is 19.1 Å². The zero-order valence-corrected chi connectivity index (χ0v) is 10.6. The average Bonchev–Trinajstić information content (AvgIpc) is 2.40. The Kier molecular flexibility index (Phi) is 3.25. The van der Waals surface area contributed by atoms with Gasteiger partial charge in [0.05, 0.1) is 6.10 Å². The van der Waals surface area contributed by atoms with Gasteiger partial charge in [-0.1, -0.05) is 0 Å². The van der Waals surface area contributed by atoms with Crippen LogP contribution >= 0.6 is 0 Å². The average molecular weight is 260 g/mol. The summed E-state index contributed by atoms with van der Waals surface area (Å²) < 4.78 is 4.83. The largest absolute Gasteiger partial charge is 0.376 e. The number of carbonyl (C=O) groups is 3. The molecular formula is C11H16O7. The molecule has 0 spiro atoms. The molecule has 1 fully saturated rings. The lowest BCUT2D eigenvalue weighted by molar-refractivity contribution is -0.248. The van der Waals surface area contributed by atoms with Crippen LogP contribution in [0.1, 0.15) is 27.7 Å². The van der Waals surface area contributed by atoms with E-state index in [-0.39, 0.29) is 0 Å². The molecule has 18 heavy (non-hydrogen) atoms. The lowest BCUT2D eigenvalue weighted by Gasteiger charge is -2.38. The molecule has 0 saturated carbocycles. The van der Waals surface area contributed by atoms with E-state index in [1.54, 1.807) is 0 Å². The molecule has 102 valence electrons. The molecule has 1 heterocycles. The molecule has 1 rings (SSSR count). The third-order valence-corrected chi connectivity index (χ3v) is 3.50. The topological polar surface area (TPSA) is 121 Å². The Balaban J connectivity index is 3.63. The summed E-state index contributed by atoms with van der Waals surface area (Å²) in [6, 6.07) is 0. The van der Waals surface area contributed by atoms with Crippen LogP contribution in [-0.4, -0.2) is 55.8 Å². The van der Waals surface area contributed by atoms with Gasteiger partial charge < -0.3 is 20.1 Å². The summed E-state index contributed by atoms with van der Waals surface area (Å²) >= 11 is 0. The van der Waals surface area contributed by atoms with E-state index in [1.807, 2.05) is 0 Å². The lowest BCUT2D eigenvalue weighted by Crippen LogP contribution is -2.72. The Morgan fingerprint density at radius 1 is 0.944 bits per heavy atom. The Hall–Kier alpha value is -1.15. The highest BCUT2D eigenvalue weighted by molar-refractivity contribution is 6.04. The van der Waals surface area contributed by atoms with Crippen molar-refractivity contribution in [1.29, 1.82) is 0 Å². The Bertz CT molecular complexity index is 431. The number of Topliss-reactive ketones (excluding diaryl/α,β-unsaturated/α-hetero) is 3. The first-order valence-corrected chi connectivity index (χ1v) is 5.34.